The van der Waals surface area contributed by atoms with E-state index < -0.39 is 6.03 Å². The summed E-state index contributed by atoms with van der Waals surface area (Å²) in [5.74, 6) is 0.760. The minimum Gasteiger partial charge on any atom is -0.486 e. The van der Waals surface area contributed by atoms with E-state index in [-0.39, 0.29) is 6.10 Å². The number of nitrogens with two attached hydrogens (primary N) is 1. The minimum absolute atomic E-state index is 0.0196. The Hall–Kier alpha value is -2.49. The van der Waals surface area contributed by atoms with Crippen molar-refractivity contribution in [2.24, 2.45) is 5.73 Å². The molecule has 2 aromatic carbocycles. The van der Waals surface area contributed by atoms with Gasteiger partial charge in [-0.25, -0.2) is 4.79 Å². The van der Waals surface area contributed by atoms with Crippen molar-refractivity contribution >= 4 is 11.7 Å². The second kappa shape index (κ2) is 6.61. The molecule has 0 aliphatic carbocycles. The minimum atomic E-state index is -0.575. The van der Waals surface area contributed by atoms with E-state index >= 15 is 0 Å². The molecule has 1 unspecified atom stereocenters. The fourth-order valence-electron chi connectivity index (χ4n) is 1.98. The molecule has 0 radical (unpaired) electrons. The summed E-state index contributed by atoms with van der Waals surface area (Å²) in [6.45, 7) is 2.08. The molecule has 0 heterocycles. The fraction of sp³-hybridized carbons (Fsp3) is 0.188. The molecule has 0 bridgehead atoms. The lowest BCUT2D eigenvalue weighted by atomic mass is 10.1. The Labute approximate surface area is 118 Å². The van der Waals surface area contributed by atoms with Crippen LogP contribution in [0.5, 0.6) is 5.75 Å². The van der Waals surface area contributed by atoms with E-state index in [0.717, 1.165) is 17.7 Å². The lowest BCUT2D eigenvalue weighted by molar-refractivity contribution is 0.201. The van der Waals surface area contributed by atoms with Gasteiger partial charge in [0.25, 0.3) is 0 Å². The first-order chi connectivity index (χ1) is 9.69. The Balaban J connectivity index is 2.06. The summed E-state index contributed by atoms with van der Waals surface area (Å²) in [6.07, 6.45) is 0.900. The number of hydrogen-bond donors (Lipinski definition) is 2. The number of rotatable bonds is 5. The normalized spacial score (nSPS) is 11.7. The van der Waals surface area contributed by atoms with Gasteiger partial charge in [0.1, 0.15) is 11.9 Å². The standard InChI is InChI=1S/C16H18N2O2/c1-2-15(12-6-4-3-5-7-12)20-14-10-8-13(9-11-14)18-16(17)19/h3-11,15H,2H2,1H3,(H3,17,18,19). The predicted octanol–water partition coefficient (Wildman–Crippen LogP) is 3.71. The zero-order valence-electron chi connectivity index (χ0n) is 11.4. The zero-order chi connectivity index (χ0) is 14.4. The molecule has 0 fully saturated rings. The number of ether oxygens (including phenoxy) is 1. The predicted molar refractivity (Wildman–Crippen MR) is 79.8 cm³/mol. The Morgan fingerprint density at radius 1 is 1.15 bits per heavy atom. The lowest BCUT2D eigenvalue weighted by Crippen LogP contribution is -2.19. The third-order valence-corrected chi connectivity index (χ3v) is 2.94. The molecule has 0 aromatic heterocycles. The Morgan fingerprint density at radius 2 is 1.80 bits per heavy atom. The Kier molecular flexibility index (Phi) is 4.60. The highest BCUT2D eigenvalue weighted by Gasteiger charge is 2.10. The van der Waals surface area contributed by atoms with Crippen molar-refractivity contribution < 1.29 is 9.53 Å². The monoisotopic (exact) mass is 270 g/mol. The first kappa shape index (κ1) is 13.9. The van der Waals surface area contributed by atoms with Crippen molar-refractivity contribution in [3.63, 3.8) is 0 Å². The van der Waals surface area contributed by atoms with Crippen molar-refractivity contribution in [3.8, 4) is 5.75 Å². The fourth-order valence-corrected chi connectivity index (χ4v) is 1.98. The molecule has 3 N–H and O–H groups in total. The van der Waals surface area contributed by atoms with Crippen LogP contribution in [0.25, 0.3) is 0 Å². The molecule has 104 valence electrons. The van der Waals surface area contributed by atoms with Crippen LogP contribution in [0.4, 0.5) is 10.5 Å². The maximum atomic E-state index is 10.7. The topological polar surface area (TPSA) is 64.3 Å². The average Bonchev–Trinajstić information content (AvgIpc) is 2.47. The Bertz CT molecular complexity index is 552. The van der Waals surface area contributed by atoms with Crippen LogP contribution < -0.4 is 15.8 Å². The first-order valence-corrected chi connectivity index (χ1v) is 6.57. The molecular weight excluding hydrogens is 252 g/mol. The van der Waals surface area contributed by atoms with Gasteiger partial charge in [0.05, 0.1) is 0 Å². The van der Waals surface area contributed by atoms with Crippen LogP contribution >= 0.6 is 0 Å². The third-order valence-electron chi connectivity index (χ3n) is 2.94. The van der Waals surface area contributed by atoms with Gasteiger partial charge in [-0.15, -0.1) is 0 Å². The SMILES string of the molecule is CCC(Oc1ccc(NC(N)=O)cc1)c1ccccc1. The van der Waals surface area contributed by atoms with Crippen LogP contribution in [-0.2, 0) is 0 Å². The lowest BCUT2D eigenvalue weighted by Gasteiger charge is -2.18. The van der Waals surface area contributed by atoms with E-state index in [1.807, 2.05) is 30.3 Å². The molecular formula is C16H18N2O2. The molecule has 4 heteroatoms. The number of primary amides is 1. The van der Waals surface area contributed by atoms with Crippen molar-refractivity contribution in [3.05, 3.63) is 60.2 Å². The second-order valence-electron chi connectivity index (χ2n) is 4.44. The smallest absolute Gasteiger partial charge is 0.316 e. The second-order valence-corrected chi connectivity index (χ2v) is 4.44. The van der Waals surface area contributed by atoms with Crippen LogP contribution in [0.15, 0.2) is 54.6 Å². The average molecular weight is 270 g/mol. The summed E-state index contributed by atoms with van der Waals surface area (Å²) in [7, 11) is 0. The highest BCUT2D eigenvalue weighted by molar-refractivity contribution is 5.87. The third kappa shape index (κ3) is 3.75. The summed E-state index contributed by atoms with van der Waals surface area (Å²) in [6, 6.07) is 16.7. The number of carbonyl (C=O) groups excluding carboxylic acids is 1. The van der Waals surface area contributed by atoms with E-state index in [4.69, 9.17) is 10.5 Å². The zero-order valence-corrected chi connectivity index (χ0v) is 11.4. The van der Waals surface area contributed by atoms with Gasteiger partial charge in [-0.2, -0.15) is 0 Å². The maximum Gasteiger partial charge on any atom is 0.316 e. The summed E-state index contributed by atoms with van der Waals surface area (Å²) in [4.78, 5) is 10.7. The number of urea groups is 1. The number of anilines is 1. The molecule has 2 rings (SSSR count). The highest BCUT2D eigenvalue weighted by atomic mass is 16.5. The number of hydrogen-bond acceptors (Lipinski definition) is 2. The van der Waals surface area contributed by atoms with E-state index in [0.29, 0.717) is 5.69 Å². The summed E-state index contributed by atoms with van der Waals surface area (Å²) >= 11 is 0. The van der Waals surface area contributed by atoms with Crippen LogP contribution in [0, 0.1) is 0 Å². The summed E-state index contributed by atoms with van der Waals surface area (Å²) in [5.41, 5.74) is 6.86. The summed E-state index contributed by atoms with van der Waals surface area (Å²) in [5, 5.41) is 2.51. The Morgan fingerprint density at radius 3 is 2.35 bits per heavy atom. The van der Waals surface area contributed by atoms with Crippen LogP contribution in [-0.4, -0.2) is 6.03 Å². The molecule has 4 nitrogen and oxygen atoms in total. The molecule has 2 aromatic rings. The van der Waals surface area contributed by atoms with Crippen molar-refractivity contribution in [2.75, 3.05) is 5.32 Å². The van der Waals surface area contributed by atoms with Crippen molar-refractivity contribution in [1.82, 2.24) is 0 Å². The van der Waals surface area contributed by atoms with Crippen LogP contribution in [0.1, 0.15) is 25.0 Å². The molecule has 0 spiro atoms. The van der Waals surface area contributed by atoms with Crippen LogP contribution in [0.2, 0.25) is 0 Å². The van der Waals surface area contributed by atoms with E-state index in [9.17, 15) is 4.79 Å². The number of nitrogens with one attached hydrogen (secondary N) is 1. The molecule has 0 saturated heterocycles. The number of benzene rings is 2. The molecule has 20 heavy (non-hydrogen) atoms. The van der Waals surface area contributed by atoms with Gasteiger partial charge < -0.3 is 15.8 Å². The molecule has 0 aliphatic heterocycles. The van der Waals surface area contributed by atoms with E-state index in [1.54, 1.807) is 12.1 Å². The number of carbonyl (C=O) groups is 1. The van der Waals surface area contributed by atoms with Crippen LogP contribution in [0.3, 0.4) is 0 Å². The van der Waals surface area contributed by atoms with Gasteiger partial charge in [-0.05, 0) is 36.2 Å². The van der Waals surface area contributed by atoms with Gasteiger partial charge >= 0.3 is 6.03 Å². The van der Waals surface area contributed by atoms with E-state index in [1.165, 1.54) is 0 Å². The largest absolute Gasteiger partial charge is 0.486 e. The number of amides is 2. The molecule has 1 atom stereocenters. The van der Waals surface area contributed by atoms with Crippen molar-refractivity contribution in [2.45, 2.75) is 19.4 Å². The summed E-state index contributed by atoms with van der Waals surface area (Å²) < 4.78 is 5.97. The quantitative estimate of drug-likeness (QED) is 0.869. The molecule has 0 aliphatic rings. The van der Waals surface area contributed by atoms with Gasteiger partial charge in [-0.1, -0.05) is 37.3 Å². The van der Waals surface area contributed by atoms with Gasteiger partial charge in [0, 0.05) is 5.69 Å². The van der Waals surface area contributed by atoms with Gasteiger partial charge in [0.15, 0.2) is 0 Å². The van der Waals surface area contributed by atoms with E-state index in [2.05, 4.69) is 24.4 Å². The highest BCUT2D eigenvalue weighted by Crippen LogP contribution is 2.25. The van der Waals surface area contributed by atoms with Gasteiger partial charge in [0.2, 0.25) is 0 Å². The molecule has 0 saturated carbocycles. The first-order valence-electron chi connectivity index (χ1n) is 6.57. The molecule has 2 amide bonds. The van der Waals surface area contributed by atoms with Gasteiger partial charge in [-0.3, -0.25) is 0 Å². The maximum absolute atomic E-state index is 10.7. The van der Waals surface area contributed by atoms with Crippen molar-refractivity contribution in [1.29, 1.82) is 0 Å².